The van der Waals surface area contributed by atoms with E-state index in [1.807, 2.05) is 16.6 Å². The number of rotatable bonds is 2. The molecule has 2 aromatic heterocycles. The van der Waals surface area contributed by atoms with Crippen molar-refractivity contribution in [3.8, 4) is 0 Å². The van der Waals surface area contributed by atoms with Crippen LogP contribution in [0.3, 0.4) is 0 Å². The predicted molar refractivity (Wildman–Crippen MR) is 64.6 cm³/mol. The van der Waals surface area contributed by atoms with Crippen molar-refractivity contribution in [2.24, 2.45) is 5.92 Å². The van der Waals surface area contributed by atoms with E-state index in [1.165, 1.54) is 5.69 Å². The van der Waals surface area contributed by atoms with E-state index in [1.54, 1.807) is 0 Å². The van der Waals surface area contributed by atoms with Crippen LogP contribution >= 0.6 is 0 Å². The number of anilines is 1. The molecule has 17 heavy (non-hydrogen) atoms. The summed E-state index contributed by atoms with van der Waals surface area (Å²) in [5.74, 6) is 1.02. The maximum atomic E-state index is 5.63. The van der Waals surface area contributed by atoms with Gasteiger partial charge in [-0.15, -0.1) is 5.10 Å². The van der Waals surface area contributed by atoms with Crippen LogP contribution in [0.5, 0.6) is 0 Å². The van der Waals surface area contributed by atoms with Gasteiger partial charge in [-0.3, -0.25) is 0 Å². The third-order valence-corrected chi connectivity index (χ3v) is 3.29. The van der Waals surface area contributed by atoms with Gasteiger partial charge in [0, 0.05) is 18.9 Å². The maximum absolute atomic E-state index is 5.63. The summed E-state index contributed by atoms with van der Waals surface area (Å²) in [5.41, 5.74) is 7.63. The number of aromatic nitrogens is 3. The van der Waals surface area contributed by atoms with Crippen molar-refractivity contribution in [2.75, 3.05) is 18.9 Å². The van der Waals surface area contributed by atoms with Gasteiger partial charge >= 0.3 is 0 Å². The van der Waals surface area contributed by atoms with E-state index in [0.29, 0.717) is 11.9 Å². The molecule has 2 N–H and O–H groups in total. The Labute approximate surface area is 99.6 Å². The first-order valence-electron chi connectivity index (χ1n) is 6.01. The molecule has 0 unspecified atom stereocenters. The summed E-state index contributed by atoms with van der Waals surface area (Å²) < 4.78 is 7.23. The monoisotopic (exact) mass is 232 g/mol. The van der Waals surface area contributed by atoms with Gasteiger partial charge in [-0.25, -0.2) is 4.52 Å². The van der Waals surface area contributed by atoms with E-state index < -0.39 is 0 Å². The first-order valence-corrected chi connectivity index (χ1v) is 6.01. The third-order valence-electron chi connectivity index (χ3n) is 3.29. The lowest BCUT2D eigenvalue weighted by atomic mass is 9.95. The van der Waals surface area contributed by atoms with Crippen LogP contribution in [0.25, 0.3) is 5.65 Å². The Morgan fingerprint density at radius 1 is 1.35 bits per heavy atom. The largest absolute Gasteiger partial charge is 0.381 e. The van der Waals surface area contributed by atoms with Crippen molar-refractivity contribution >= 4 is 11.6 Å². The lowest BCUT2D eigenvalue weighted by Gasteiger charge is -2.21. The zero-order chi connectivity index (χ0) is 11.7. The Hall–Kier alpha value is -1.62. The number of nitrogens with two attached hydrogens (primary N) is 1. The number of nitrogen functional groups attached to an aromatic ring is 1. The van der Waals surface area contributed by atoms with Crippen molar-refractivity contribution in [2.45, 2.75) is 19.3 Å². The second kappa shape index (κ2) is 4.33. The molecule has 1 aliphatic heterocycles. The SMILES string of the molecule is Nc1nc2cccc(CC3CCOCC3)n2n1. The van der Waals surface area contributed by atoms with Gasteiger partial charge in [0.15, 0.2) is 5.65 Å². The Morgan fingerprint density at radius 3 is 3.00 bits per heavy atom. The molecule has 2 aromatic rings. The van der Waals surface area contributed by atoms with Crippen molar-refractivity contribution in [1.82, 2.24) is 14.6 Å². The highest BCUT2D eigenvalue weighted by Crippen LogP contribution is 2.20. The number of fused-ring (bicyclic) bond motifs is 1. The predicted octanol–water partition coefficient (Wildman–Crippen LogP) is 1.28. The second-order valence-corrected chi connectivity index (χ2v) is 4.52. The molecule has 3 rings (SSSR count). The van der Waals surface area contributed by atoms with Gasteiger partial charge in [0.25, 0.3) is 0 Å². The number of hydrogen-bond donors (Lipinski definition) is 1. The highest BCUT2D eigenvalue weighted by atomic mass is 16.5. The van der Waals surface area contributed by atoms with E-state index >= 15 is 0 Å². The van der Waals surface area contributed by atoms with Crippen LogP contribution in [0.15, 0.2) is 18.2 Å². The van der Waals surface area contributed by atoms with Crippen LogP contribution in [0.4, 0.5) is 5.95 Å². The molecular formula is C12H16N4O. The smallest absolute Gasteiger partial charge is 0.240 e. The van der Waals surface area contributed by atoms with Crippen molar-refractivity contribution in [3.63, 3.8) is 0 Å². The van der Waals surface area contributed by atoms with E-state index in [4.69, 9.17) is 10.5 Å². The molecule has 0 radical (unpaired) electrons. The fraction of sp³-hybridized carbons (Fsp3) is 0.500. The van der Waals surface area contributed by atoms with Gasteiger partial charge in [0.05, 0.1) is 0 Å². The summed E-state index contributed by atoms with van der Waals surface area (Å²) in [6.45, 7) is 1.75. The fourth-order valence-electron chi connectivity index (χ4n) is 2.38. The van der Waals surface area contributed by atoms with Gasteiger partial charge in [0.1, 0.15) is 0 Å². The van der Waals surface area contributed by atoms with E-state index in [9.17, 15) is 0 Å². The highest BCUT2D eigenvalue weighted by molar-refractivity contribution is 5.42. The topological polar surface area (TPSA) is 65.4 Å². The molecule has 1 aliphatic rings. The van der Waals surface area contributed by atoms with E-state index in [2.05, 4.69) is 16.1 Å². The van der Waals surface area contributed by atoms with Gasteiger partial charge in [-0.1, -0.05) is 6.07 Å². The van der Waals surface area contributed by atoms with Gasteiger partial charge in [-0.2, -0.15) is 4.98 Å². The standard InChI is InChI=1S/C12H16N4O/c13-12-14-11-3-1-2-10(16(11)15-12)8-9-4-6-17-7-5-9/h1-3,9H,4-8H2,(H2,13,15). The molecule has 0 aliphatic carbocycles. The maximum Gasteiger partial charge on any atom is 0.240 e. The normalized spacial score (nSPS) is 17.6. The molecule has 0 aromatic carbocycles. The Kier molecular flexibility index (Phi) is 2.68. The van der Waals surface area contributed by atoms with E-state index in [-0.39, 0.29) is 0 Å². The Bertz CT molecular complexity index is 516. The quantitative estimate of drug-likeness (QED) is 0.847. The minimum Gasteiger partial charge on any atom is -0.381 e. The minimum atomic E-state index is 0.337. The summed E-state index contributed by atoms with van der Waals surface area (Å²) in [6.07, 6.45) is 3.27. The van der Waals surface area contributed by atoms with Crippen LogP contribution in [0.1, 0.15) is 18.5 Å². The summed E-state index contributed by atoms with van der Waals surface area (Å²) in [6, 6.07) is 6.03. The molecule has 90 valence electrons. The van der Waals surface area contributed by atoms with Crippen LogP contribution in [-0.2, 0) is 11.2 Å². The number of hydrogen-bond acceptors (Lipinski definition) is 4. The number of pyridine rings is 1. The molecule has 3 heterocycles. The molecule has 5 nitrogen and oxygen atoms in total. The second-order valence-electron chi connectivity index (χ2n) is 4.52. The van der Waals surface area contributed by atoms with Gasteiger partial charge in [0.2, 0.25) is 5.95 Å². The number of nitrogens with zero attached hydrogens (tertiary/aromatic N) is 3. The lowest BCUT2D eigenvalue weighted by molar-refractivity contribution is 0.0661. The van der Waals surface area contributed by atoms with Gasteiger partial charge < -0.3 is 10.5 Å². The highest BCUT2D eigenvalue weighted by Gasteiger charge is 2.16. The molecule has 1 fully saturated rings. The molecular weight excluding hydrogens is 216 g/mol. The summed E-state index contributed by atoms with van der Waals surface area (Å²) in [7, 11) is 0. The van der Waals surface area contributed by atoms with E-state index in [0.717, 1.165) is 38.1 Å². The summed E-state index contributed by atoms with van der Waals surface area (Å²) in [5, 5.41) is 4.23. The molecule has 5 heteroatoms. The van der Waals surface area contributed by atoms with Crippen molar-refractivity contribution in [1.29, 1.82) is 0 Å². The molecule has 1 saturated heterocycles. The van der Waals surface area contributed by atoms with Crippen LogP contribution in [0, 0.1) is 5.92 Å². The molecule has 0 amide bonds. The van der Waals surface area contributed by atoms with Crippen molar-refractivity contribution < 1.29 is 4.74 Å². The average Bonchev–Trinajstić information content (AvgIpc) is 2.72. The molecule has 0 atom stereocenters. The zero-order valence-corrected chi connectivity index (χ0v) is 9.67. The first-order chi connectivity index (χ1) is 8.33. The first kappa shape index (κ1) is 10.5. The van der Waals surface area contributed by atoms with Crippen LogP contribution in [-0.4, -0.2) is 27.8 Å². The zero-order valence-electron chi connectivity index (χ0n) is 9.67. The van der Waals surface area contributed by atoms with Crippen LogP contribution in [0.2, 0.25) is 0 Å². The summed E-state index contributed by atoms with van der Waals surface area (Å²) >= 11 is 0. The molecule has 0 spiro atoms. The van der Waals surface area contributed by atoms with Crippen molar-refractivity contribution in [3.05, 3.63) is 23.9 Å². The number of ether oxygens (including phenoxy) is 1. The van der Waals surface area contributed by atoms with Crippen LogP contribution < -0.4 is 5.73 Å². The summed E-state index contributed by atoms with van der Waals surface area (Å²) in [4.78, 5) is 4.17. The van der Waals surface area contributed by atoms with Gasteiger partial charge in [-0.05, 0) is 37.3 Å². The average molecular weight is 232 g/mol. The lowest BCUT2D eigenvalue weighted by Crippen LogP contribution is -2.18. The molecule has 0 bridgehead atoms. The Balaban J connectivity index is 1.88. The Morgan fingerprint density at radius 2 is 2.18 bits per heavy atom. The third kappa shape index (κ3) is 2.10. The minimum absolute atomic E-state index is 0.337. The molecule has 0 saturated carbocycles. The fourth-order valence-corrected chi connectivity index (χ4v) is 2.38.